The van der Waals surface area contributed by atoms with Crippen LogP contribution < -0.4 is 0 Å². The SMILES string of the molecule is c1cnc2c(c1)nc(C1CCCCS1)n2CCN1CCCC1. The number of thioether (sulfide) groups is 1. The van der Waals surface area contributed by atoms with Crippen LogP contribution in [0.25, 0.3) is 11.2 Å². The molecule has 0 saturated carbocycles. The van der Waals surface area contributed by atoms with Crippen molar-refractivity contribution in [3.05, 3.63) is 24.2 Å². The monoisotopic (exact) mass is 316 g/mol. The van der Waals surface area contributed by atoms with Crippen LogP contribution in [0.2, 0.25) is 0 Å². The highest BCUT2D eigenvalue weighted by Crippen LogP contribution is 2.38. The van der Waals surface area contributed by atoms with Crippen molar-refractivity contribution >= 4 is 22.9 Å². The maximum absolute atomic E-state index is 4.94. The molecule has 118 valence electrons. The van der Waals surface area contributed by atoms with Crippen molar-refractivity contribution in [2.75, 3.05) is 25.4 Å². The summed E-state index contributed by atoms with van der Waals surface area (Å²) in [5, 5.41) is 0.557. The molecule has 2 aromatic heterocycles. The summed E-state index contributed by atoms with van der Waals surface area (Å²) in [6.45, 7) is 4.67. The predicted octanol–water partition coefficient (Wildman–Crippen LogP) is 3.49. The van der Waals surface area contributed by atoms with E-state index in [9.17, 15) is 0 Å². The van der Waals surface area contributed by atoms with E-state index in [1.54, 1.807) is 0 Å². The molecule has 0 aromatic carbocycles. The molecule has 0 N–H and O–H groups in total. The third-order valence-corrected chi connectivity index (χ3v) is 6.21. The Morgan fingerprint density at radius 3 is 2.86 bits per heavy atom. The zero-order valence-corrected chi connectivity index (χ0v) is 13.9. The summed E-state index contributed by atoms with van der Waals surface area (Å²) in [6, 6.07) is 4.10. The Kier molecular flexibility index (Phi) is 4.35. The first kappa shape index (κ1) is 14.5. The Balaban J connectivity index is 1.63. The predicted molar refractivity (Wildman–Crippen MR) is 92.3 cm³/mol. The number of pyridine rings is 1. The molecule has 2 aliphatic heterocycles. The van der Waals surface area contributed by atoms with Crippen molar-refractivity contribution < 1.29 is 0 Å². The van der Waals surface area contributed by atoms with Gasteiger partial charge >= 0.3 is 0 Å². The van der Waals surface area contributed by atoms with Gasteiger partial charge in [-0.15, -0.1) is 0 Å². The molecule has 1 atom stereocenters. The van der Waals surface area contributed by atoms with E-state index < -0.39 is 0 Å². The minimum atomic E-state index is 0.557. The molecule has 0 radical (unpaired) electrons. The van der Waals surface area contributed by atoms with Crippen LogP contribution in [-0.2, 0) is 6.54 Å². The third kappa shape index (κ3) is 2.88. The second-order valence-corrected chi connectivity index (χ2v) is 7.68. The Morgan fingerprint density at radius 2 is 2.05 bits per heavy atom. The van der Waals surface area contributed by atoms with E-state index in [1.165, 1.54) is 56.8 Å². The number of nitrogens with zero attached hydrogens (tertiary/aromatic N) is 4. The molecule has 0 bridgehead atoms. The van der Waals surface area contributed by atoms with Crippen molar-refractivity contribution in [3.8, 4) is 0 Å². The molecular formula is C17H24N4S. The van der Waals surface area contributed by atoms with Gasteiger partial charge in [0.25, 0.3) is 0 Å². The van der Waals surface area contributed by atoms with Crippen LogP contribution in [0.4, 0.5) is 0 Å². The molecule has 2 aliphatic rings. The number of aromatic nitrogens is 3. The maximum atomic E-state index is 4.94. The van der Waals surface area contributed by atoms with Gasteiger partial charge in [-0.3, -0.25) is 0 Å². The van der Waals surface area contributed by atoms with Crippen LogP contribution in [0, 0.1) is 0 Å². The zero-order valence-electron chi connectivity index (χ0n) is 13.1. The minimum absolute atomic E-state index is 0.557. The molecule has 0 spiro atoms. The molecule has 0 aliphatic carbocycles. The van der Waals surface area contributed by atoms with E-state index in [1.807, 2.05) is 12.3 Å². The van der Waals surface area contributed by atoms with E-state index in [0.29, 0.717) is 5.25 Å². The van der Waals surface area contributed by atoms with Gasteiger partial charge in [-0.1, -0.05) is 6.42 Å². The van der Waals surface area contributed by atoms with Crippen LogP contribution in [0.5, 0.6) is 0 Å². The maximum Gasteiger partial charge on any atom is 0.160 e. The number of fused-ring (bicyclic) bond motifs is 1. The number of rotatable bonds is 4. The summed E-state index contributed by atoms with van der Waals surface area (Å²) in [7, 11) is 0. The number of hydrogen-bond donors (Lipinski definition) is 0. The highest BCUT2D eigenvalue weighted by atomic mass is 32.2. The summed E-state index contributed by atoms with van der Waals surface area (Å²) in [5.41, 5.74) is 2.13. The van der Waals surface area contributed by atoms with Crippen LogP contribution in [-0.4, -0.2) is 44.8 Å². The van der Waals surface area contributed by atoms with Gasteiger partial charge in [-0.05, 0) is 56.7 Å². The van der Waals surface area contributed by atoms with E-state index >= 15 is 0 Å². The molecule has 2 fully saturated rings. The first-order chi connectivity index (χ1) is 10.9. The highest BCUT2D eigenvalue weighted by Gasteiger charge is 2.24. The Labute approximate surface area is 136 Å². The first-order valence-electron chi connectivity index (χ1n) is 8.57. The Morgan fingerprint density at radius 1 is 1.14 bits per heavy atom. The van der Waals surface area contributed by atoms with Gasteiger partial charge in [0.1, 0.15) is 11.3 Å². The summed E-state index contributed by atoms with van der Waals surface area (Å²) in [4.78, 5) is 12.1. The lowest BCUT2D eigenvalue weighted by atomic mass is 10.2. The minimum Gasteiger partial charge on any atom is -0.310 e. The fraction of sp³-hybridized carbons (Fsp3) is 0.647. The summed E-state index contributed by atoms with van der Waals surface area (Å²) >= 11 is 2.08. The Bertz CT molecular complexity index is 627. The fourth-order valence-electron chi connectivity index (χ4n) is 3.63. The summed E-state index contributed by atoms with van der Waals surface area (Å²) in [6.07, 6.45) is 8.56. The van der Waals surface area contributed by atoms with Crippen LogP contribution >= 0.6 is 11.8 Å². The second-order valence-electron chi connectivity index (χ2n) is 6.37. The van der Waals surface area contributed by atoms with Crippen molar-refractivity contribution in [1.29, 1.82) is 0 Å². The first-order valence-corrected chi connectivity index (χ1v) is 9.62. The molecule has 2 saturated heterocycles. The van der Waals surface area contributed by atoms with Gasteiger partial charge in [-0.25, -0.2) is 9.97 Å². The fourth-order valence-corrected chi connectivity index (χ4v) is 4.95. The van der Waals surface area contributed by atoms with E-state index in [4.69, 9.17) is 4.98 Å². The van der Waals surface area contributed by atoms with Gasteiger partial charge in [0.15, 0.2) is 5.65 Å². The lowest BCUT2D eigenvalue weighted by Gasteiger charge is -2.23. The molecular weight excluding hydrogens is 292 g/mol. The Hall–Kier alpha value is -1.07. The molecule has 2 aromatic rings. The lowest BCUT2D eigenvalue weighted by Crippen LogP contribution is -2.25. The average Bonchev–Trinajstić information content (AvgIpc) is 3.21. The quantitative estimate of drug-likeness (QED) is 0.865. The summed E-state index contributed by atoms with van der Waals surface area (Å²) in [5.74, 6) is 2.53. The van der Waals surface area contributed by atoms with Gasteiger partial charge in [0.2, 0.25) is 0 Å². The molecule has 1 unspecified atom stereocenters. The topological polar surface area (TPSA) is 34.0 Å². The standard InChI is InChI=1S/C17H24N4S/c1-4-13-22-15(7-1)17-19-14-6-5-8-18-16(14)21(17)12-11-20-9-2-3-10-20/h5-6,8,15H,1-4,7,9-13H2. The smallest absolute Gasteiger partial charge is 0.160 e. The van der Waals surface area contributed by atoms with Crippen molar-refractivity contribution in [3.63, 3.8) is 0 Å². The van der Waals surface area contributed by atoms with Gasteiger partial charge in [-0.2, -0.15) is 11.8 Å². The largest absolute Gasteiger partial charge is 0.310 e. The second kappa shape index (κ2) is 6.59. The van der Waals surface area contributed by atoms with Crippen molar-refractivity contribution in [2.45, 2.75) is 43.9 Å². The van der Waals surface area contributed by atoms with Gasteiger partial charge in [0.05, 0.1) is 5.25 Å². The molecule has 0 amide bonds. The molecule has 4 heterocycles. The molecule has 4 nitrogen and oxygen atoms in total. The zero-order chi connectivity index (χ0) is 14.8. The average molecular weight is 316 g/mol. The van der Waals surface area contributed by atoms with Crippen LogP contribution in [0.15, 0.2) is 18.3 Å². The lowest BCUT2D eigenvalue weighted by molar-refractivity contribution is 0.321. The third-order valence-electron chi connectivity index (χ3n) is 4.84. The van der Waals surface area contributed by atoms with Crippen molar-refractivity contribution in [1.82, 2.24) is 19.4 Å². The molecule has 4 rings (SSSR count). The normalized spacial score (nSPS) is 23.4. The number of hydrogen-bond acceptors (Lipinski definition) is 4. The van der Waals surface area contributed by atoms with E-state index in [-0.39, 0.29) is 0 Å². The van der Waals surface area contributed by atoms with E-state index in [0.717, 1.165) is 24.3 Å². The van der Waals surface area contributed by atoms with Crippen LogP contribution in [0.1, 0.15) is 43.2 Å². The van der Waals surface area contributed by atoms with Crippen molar-refractivity contribution in [2.24, 2.45) is 0 Å². The molecule has 22 heavy (non-hydrogen) atoms. The van der Waals surface area contributed by atoms with Crippen LogP contribution in [0.3, 0.4) is 0 Å². The molecule has 5 heteroatoms. The van der Waals surface area contributed by atoms with Gasteiger partial charge < -0.3 is 9.47 Å². The van der Waals surface area contributed by atoms with Gasteiger partial charge in [0, 0.05) is 19.3 Å². The number of imidazole rings is 1. The van der Waals surface area contributed by atoms with E-state index in [2.05, 4.69) is 32.3 Å². The highest BCUT2D eigenvalue weighted by molar-refractivity contribution is 7.99. The number of likely N-dealkylation sites (tertiary alicyclic amines) is 1. The summed E-state index contributed by atoms with van der Waals surface area (Å²) < 4.78 is 2.40.